The van der Waals surface area contributed by atoms with Crippen LogP contribution in [0.1, 0.15) is 5.56 Å². The van der Waals surface area contributed by atoms with Crippen molar-refractivity contribution in [1.29, 1.82) is 0 Å². The van der Waals surface area contributed by atoms with Crippen LogP contribution in [0, 0.1) is 0 Å². The van der Waals surface area contributed by atoms with Crippen LogP contribution in [0.5, 0.6) is 0 Å². The molecule has 3 heterocycles. The van der Waals surface area contributed by atoms with Crippen LogP contribution in [0.3, 0.4) is 0 Å². The summed E-state index contributed by atoms with van der Waals surface area (Å²) in [6, 6.07) is 13.0. The molecule has 5 heteroatoms. The fourth-order valence-corrected chi connectivity index (χ4v) is 3.42. The summed E-state index contributed by atoms with van der Waals surface area (Å²) in [5.74, 6) is 1.06. The monoisotopic (exact) mass is 298 g/mol. The number of fused-ring (bicyclic) bond motifs is 1. The van der Waals surface area contributed by atoms with E-state index < -0.39 is 0 Å². The lowest BCUT2D eigenvalue weighted by molar-refractivity contribution is -0.0362. The molecule has 4 rings (SSSR count). The van der Waals surface area contributed by atoms with Crippen LogP contribution in [0.15, 0.2) is 42.6 Å². The first-order chi connectivity index (χ1) is 10.8. The largest absolute Gasteiger partial charge is 0.373 e. The molecule has 2 aliphatic rings. The summed E-state index contributed by atoms with van der Waals surface area (Å²) in [6.07, 6.45) is 2.38. The third-order valence-corrected chi connectivity index (χ3v) is 4.72. The fourth-order valence-electron chi connectivity index (χ4n) is 3.42. The number of morpholine rings is 1. The molecule has 2 saturated heterocycles. The molecule has 2 aliphatic heterocycles. The SMILES string of the molecule is CN1CCO[C@@H]2CN(c3ccn(Cc4ccccc4)n3)CC21. The van der Waals surface area contributed by atoms with Gasteiger partial charge in [0.15, 0.2) is 5.82 Å². The van der Waals surface area contributed by atoms with Crippen LogP contribution in [0.4, 0.5) is 5.82 Å². The van der Waals surface area contributed by atoms with E-state index in [1.807, 2.05) is 10.7 Å². The minimum Gasteiger partial charge on any atom is -0.373 e. The lowest BCUT2D eigenvalue weighted by atomic mass is 10.1. The quantitative estimate of drug-likeness (QED) is 0.859. The predicted octanol–water partition coefficient (Wildman–Crippen LogP) is 1.45. The van der Waals surface area contributed by atoms with E-state index >= 15 is 0 Å². The van der Waals surface area contributed by atoms with Gasteiger partial charge in [0.05, 0.1) is 25.3 Å². The summed E-state index contributed by atoms with van der Waals surface area (Å²) in [7, 11) is 2.19. The van der Waals surface area contributed by atoms with Crippen molar-refractivity contribution in [2.24, 2.45) is 0 Å². The number of likely N-dealkylation sites (N-methyl/N-ethyl adjacent to an activating group) is 1. The summed E-state index contributed by atoms with van der Waals surface area (Å²) in [5.41, 5.74) is 1.27. The van der Waals surface area contributed by atoms with E-state index in [-0.39, 0.29) is 0 Å². The molecular weight excluding hydrogens is 276 g/mol. The van der Waals surface area contributed by atoms with Gasteiger partial charge in [0.25, 0.3) is 0 Å². The van der Waals surface area contributed by atoms with Gasteiger partial charge in [-0.25, -0.2) is 0 Å². The lowest BCUT2D eigenvalue weighted by Gasteiger charge is -2.33. The third-order valence-electron chi connectivity index (χ3n) is 4.72. The van der Waals surface area contributed by atoms with Gasteiger partial charge in [-0.3, -0.25) is 9.58 Å². The Balaban J connectivity index is 1.46. The fraction of sp³-hybridized carbons (Fsp3) is 0.471. The van der Waals surface area contributed by atoms with Gasteiger partial charge in [0, 0.05) is 31.9 Å². The Kier molecular flexibility index (Phi) is 3.60. The van der Waals surface area contributed by atoms with Crippen molar-refractivity contribution >= 4 is 5.82 Å². The summed E-state index contributed by atoms with van der Waals surface area (Å²) >= 11 is 0. The second-order valence-electron chi connectivity index (χ2n) is 6.22. The van der Waals surface area contributed by atoms with Crippen molar-refractivity contribution in [3.63, 3.8) is 0 Å². The molecule has 22 heavy (non-hydrogen) atoms. The normalized spacial score (nSPS) is 25.4. The van der Waals surface area contributed by atoms with Crippen LogP contribution in [-0.4, -0.2) is 60.1 Å². The van der Waals surface area contributed by atoms with Crippen molar-refractivity contribution in [3.05, 3.63) is 48.2 Å². The highest BCUT2D eigenvalue weighted by Crippen LogP contribution is 2.25. The highest BCUT2D eigenvalue weighted by molar-refractivity contribution is 5.40. The Labute approximate surface area is 131 Å². The molecule has 116 valence electrons. The number of benzene rings is 1. The van der Waals surface area contributed by atoms with Crippen LogP contribution in [0.2, 0.25) is 0 Å². The van der Waals surface area contributed by atoms with Gasteiger partial charge >= 0.3 is 0 Å². The van der Waals surface area contributed by atoms with Gasteiger partial charge in [-0.2, -0.15) is 5.10 Å². The summed E-state index contributed by atoms with van der Waals surface area (Å²) in [5, 5.41) is 4.74. The average Bonchev–Trinajstić information content (AvgIpc) is 3.15. The molecule has 0 radical (unpaired) electrons. The topological polar surface area (TPSA) is 33.5 Å². The number of hydrogen-bond acceptors (Lipinski definition) is 4. The highest BCUT2D eigenvalue weighted by atomic mass is 16.5. The van der Waals surface area contributed by atoms with Gasteiger partial charge < -0.3 is 9.64 Å². The summed E-state index contributed by atoms with van der Waals surface area (Å²) < 4.78 is 7.92. The molecule has 2 atom stereocenters. The van der Waals surface area contributed by atoms with Crippen LogP contribution in [-0.2, 0) is 11.3 Å². The molecule has 0 aliphatic carbocycles. The smallest absolute Gasteiger partial charge is 0.150 e. The first-order valence-corrected chi connectivity index (χ1v) is 7.94. The van der Waals surface area contributed by atoms with Gasteiger partial charge in [-0.05, 0) is 12.6 Å². The molecule has 0 N–H and O–H groups in total. The van der Waals surface area contributed by atoms with Gasteiger partial charge in [0.2, 0.25) is 0 Å². The Morgan fingerprint density at radius 2 is 2.05 bits per heavy atom. The number of aromatic nitrogens is 2. The first-order valence-electron chi connectivity index (χ1n) is 7.94. The molecule has 2 aromatic rings. The molecule has 0 saturated carbocycles. The molecule has 1 unspecified atom stereocenters. The number of nitrogens with zero attached hydrogens (tertiary/aromatic N) is 4. The van der Waals surface area contributed by atoms with Crippen molar-refractivity contribution in [2.75, 3.05) is 38.2 Å². The Bertz CT molecular complexity index is 627. The number of ether oxygens (including phenoxy) is 1. The van der Waals surface area contributed by atoms with Crippen LogP contribution < -0.4 is 4.90 Å². The Morgan fingerprint density at radius 1 is 1.18 bits per heavy atom. The van der Waals surface area contributed by atoms with E-state index in [2.05, 4.69) is 53.4 Å². The Morgan fingerprint density at radius 3 is 2.86 bits per heavy atom. The Hall–Kier alpha value is -1.85. The second kappa shape index (κ2) is 5.74. The number of hydrogen-bond donors (Lipinski definition) is 0. The van der Waals surface area contributed by atoms with Crippen molar-refractivity contribution < 1.29 is 4.74 Å². The zero-order valence-corrected chi connectivity index (χ0v) is 12.9. The third kappa shape index (κ3) is 2.62. The maximum absolute atomic E-state index is 5.91. The highest BCUT2D eigenvalue weighted by Gasteiger charge is 2.39. The zero-order chi connectivity index (χ0) is 14.9. The van der Waals surface area contributed by atoms with Crippen molar-refractivity contribution in [2.45, 2.75) is 18.7 Å². The van der Waals surface area contributed by atoms with Crippen LogP contribution in [0.25, 0.3) is 0 Å². The van der Waals surface area contributed by atoms with E-state index in [4.69, 9.17) is 9.84 Å². The molecule has 0 amide bonds. The maximum Gasteiger partial charge on any atom is 0.150 e. The molecule has 0 bridgehead atoms. The summed E-state index contributed by atoms with van der Waals surface area (Å²) in [4.78, 5) is 4.76. The van der Waals surface area contributed by atoms with Gasteiger partial charge in [-0.1, -0.05) is 30.3 Å². The second-order valence-corrected chi connectivity index (χ2v) is 6.22. The summed E-state index contributed by atoms with van der Waals surface area (Å²) in [6.45, 7) is 4.63. The number of anilines is 1. The van der Waals surface area contributed by atoms with E-state index in [1.165, 1.54) is 5.56 Å². The number of rotatable bonds is 3. The van der Waals surface area contributed by atoms with E-state index in [0.717, 1.165) is 38.6 Å². The van der Waals surface area contributed by atoms with Crippen molar-refractivity contribution in [3.8, 4) is 0 Å². The van der Waals surface area contributed by atoms with Gasteiger partial charge in [0.1, 0.15) is 0 Å². The molecule has 5 nitrogen and oxygen atoms in total. The standard InChI is InChI=1S/C17H22N4O/c1-19-9-10-22-16-13-20(12-15(16)19)17-7-8-21(18-17)11-14-5-3-2-4-6-14/h2-8,15-16H,9-13H2,1H3/t15?,16-/m1/s1. The minimum absolute atomic E-state index is 0.318. The molecule has 0 spiro atoms. The van der Waals surface area contributed by atoms with E-state index in [0.29, 0.717) is 12.1 Å². The maximum atomic E-state index is 5.91. The first kappa shape index (κ1) is 13.8. The molecular formula is C17H22N4O. The molecule has 1 aromatic heterocycles. The van der Waals surface area contributed by atoms with E-state index in [9.17, 15) is 0 Å². The van der Waals surface area contributed by atoms with Gasteiger partial charge in [-0.15, -0.1) is 0 Å². The van der Waals surface area contributed by atoms with Crippen LogP contribution >= 0.6 is 0 Å². The van der Waals surface area contributed by atoms with E-state index in [1.54, 1.807) is 0 Å². The zero-order valence-electron chi connectivity index (χ0n) is 12.9. The van der Waals surface area contributed by atoms with Crippen molar-refractivity contribution in [1.82, 2.24) is 14.7 Å². The predicted molar refractivity (Wildman–Crippen MR) is 86.1 cm³/mol. The lowest BCUT2D eigenvalue weighted by Crippen LogP contribution is -2.48. The molecule has 2 fully saturated rings. The average molecular weight is 298 g/mol. The minimum atomic E-state index is 0.318. The molecule has 1 aromatic carbocycles.